The van der Waals surface area contributed by atoms with Gasteiger partial charge in [-0.1, -0.05) is 86.6 Å². The third-order valence-corrected chi connectivity index (χ3v) is 5.10. The summed E-state index contributed by atoms with van der Waals surface area (Å²) in [6.07, 6.45) is 3.48. The average Bonchev–Trinajstić information content (AvgIpc) is 3.06. The Morgan fingerprint density at radius 3 is 2.38 bits per heavy atom. The van der Waals surface area contributed by atoms with Crippen LogP contribution in [-0.2, 0) is 11.2 Å². The first-order valence-corrected chi connectivity index (χ1v) is 9.64. The Labute approximate surface area is 159 Å². The van der Waals surface area contributed by atoms with E-state index in [-0.39, 0.29) is 5.41 Å². The highest BCUT2D eigenvalue weighted by Crippen LogP contribution is 2.22. The fraction of sp³-hybridized carbons (Fsp3) is 0.286. The van der Waals surface area contributed by atoms with Crippen LogP contribution in [0.25, 0.3) is 0 Å². The van der Waals surface area contributed by atoms with Crippen molar-refractivity contribution in [1.29, 1.82) is 0 Å². The van der Waals surface area contributed by atoms with E-state index < -0.39 is 0 Å². The number of hydrogen-bond acceptors (Lipinski definition) is 4. The molecule has 0 aliphatic heterocycles. The average molecular weight is 365 g/mol. The number of thioether (sulfide) groups is 1. The summed E-state index contributed by atoms with van der Waals surface area (Å²) in [5.41, 5.74) is 5.05. The van der Waals surface area contributed by atoms with Crippen LogP contribution in [-0.4, -0.2) is 21.1 Å². The van der Waals surface area contributed by atoms with Crippen LogP contribution in [0.5, 0.6) is 0 Å². The van der Waals surface area contributed by atoms with E-state index in [9.17, 15) is 0 Å². The third kappa shape index (κ3) is 4.82. The first-order valence-electron chi connectivity index (χ1n) is 8.65. The van der Waals surface area contributed by atoms with E-state index in [4.69, 9.17) is 0 Å². The first-order chi connectivity index (χ1) is 12.4. The van der Waals surface area contributed by atoms with E-state index in [1.807, 2.05) is 6.21 Å². The van der Waals surface area contributed by atoms with Crippen LogP contribution in [0, 0.1) is 6.92 Å². The molecule has 0 atom stereocenters. The first kappa shape index (κ1) is 18.4. The molecule has 0 radical (unpaired) electrons. The Balaban J connectivity index is 1.66. The summed E-state index contributed by atoms with van der Waals surface area (Å²) in [5.74, 6) is 0.842. The number of rotatable bonds is 5. The predicted molar refractivity (Wildman–Crippen MR) is 109 cm³/mol. The molecule has 0 amide bonds. The molecule has 3 rings (SSSR count). The van der Waals surface area contributed by atoms with Crippen molar-refractivity contribution >= 4 is 18.0 Å². The van der Waals surface area contributed by atoms with Gasteiger partial charge < -0.3 is 0 Å². The zero-order chi connectivity index (χ0) is 18.6. The normalized spacial score (nSPS) is 12.0. The Morgan fingerprint density at radius 2 is 1.73 bits per heavy atom. The fourth-order valence-corrected chi connectivity index (χ4v) is 3.24. The standard InChI is InChI=1S/C21H24N4S/c1-16-5-7-18(8-6-16)14-26-20-24-22-15-25(20)23-13-17-9-11-19(12-10-17)21(2,3)4/h5-13,15H,14H2,1-4H3. The maximum absolute atomic E-state index is 4.50. The molecule has 0 unspecified atom stereocenters. The maximum Gasteiger partial charge on any atom is 0.212 e. The van der Waals surface area contributed by atoms with Crippen molar-refractivity contribution in [3.8, 4) is 0 Å². The topological polar surface area (TPSA) is 43.1 Å². The molecule has 1 aromatic heterocycles. The Hall–Kier alpha value is -2.40. The van der Waals surface area contributed by atoms with Crippen LogP contribution in [0.4, 0.5) is 0 Å². The van der Waals surface area contributed by atoms with Crippen molar-refractivity contribution in [3.63, 3.8) is 0 Å². The second-order valence-electron chi connectivity index (χ2n) is 7.35. The lowest BCUT2D eigenvalue weighted by atomic mass is 9.87. The molecule has 4 nitrogen and oxygen atoms in total. The molecular weight excluding hydrogens is 340 g/mol. The van der Waals surface area contributed by atoms with Crippen molar-refractivity contribution in [2.75, 3.05) is 0 Å². The van der Waals surface area contributed by atoms with Crippen molar-refractivity contribution < 1.29 is 0 Å². The van der Waals surface area contributed by atoms with Gasteiger partial charge in [-0.2, -0.15) is 9.78 Å². The fourth-order valence-electron chi connectivity index (χ4n) is 2.42. The van der Waals surface area contributed by atoms with Crippen molar-refractivity contribution in [3.05, 3.63) is 77.1 Å². The minimum absolute atomic E-state index is 0.156. The van der Waals surface area contributed by atoms with Crippen LogP contribution in [0.1, 0.15) is 43.0 Å². The lowest BCUT2D eigenvalue weighted by molar-refractivity contribution is 0.590. The third-order valence-electron chi connectivity index (χ3n) is 4.10. The SMILES string of the molecule is Cc1ccc(CSc2nncn2N=Cc2ccc(C(C)(C)C)cc2)cc1. The predicted octanol–water partition coefficient (Wildman–Crippen LogP) is 5.06. The Bertz CT molecular complexity index is 872. The van der Waals surface area contributed by atoms with Crippen molar-refractivity contribution in [1.82, 2.24) is 14.9 Å². The molecule has 5 heteroatoms. The molecule has 0 spiro atoms. The van der Waals surface area contributed by atoms with Crippen LogP contribution >= 0.6 is 11.8 Å². The molecule has 2 aromatic carbocycles. The second-order valence-corrected chi connectivity index (χ2v) is 8.29. The van der Waals surface area contributed by atoms with Crippen LogP contribution in [0.2, 0.25) is 0 Å². The van der Waals surface area contributed by atoms with Crippen LogP contribution < -0.4 is 0 Å². The number of aromatic nitrogens is 3. The molecule has 0 fully saturated rings. The summed E-state index contributed by atoms with van der Waals surface area (Å²) in [6, 6.07) is 17.0. The van der Waals surface area contributed by atoms with Gasteiger partial charge in [-0.05, 0) is 29.0 Å². The minimum atomic E-state index is 0.156. The molecule has 0 saturated heterocycles. The molecule has 134 valence electrons. The molecular formula is C21H24N4S. The molecule has 26 heavy (non-hydrogen) atoms. The van der Waals surface area contributed by atoms with Gasteiger partial charge in [0.1, 0.15) is 6.33 Å². The van der Waals surface area contributed by atoms with Gasteiger partial charge in [0.15, 0.2) is 0 Å². The van der Waals surface area contributed by atoms with Gasteiger partial charge in [0.25, 0.3) is 0 Å². The van der Waals surface area contributed by atoms with E-state index in [0.717, 1.165) is 16.5 Å². The highest BCUT2D eigenvalue weighted by atomic mass is 32.2. The lowest BCUT2D eigenvalue weighted by Gasteiger charge is -2.18. The number of nitrogens with zero attached hydrogens (tertiary/aromatic N) is 4. The summed E-state index contributed by atoms with van der Waals surface area (Å²) >= 11 is 1.63. The molecule has 0 N–H and O–H groups in total. The van der Waals surface area contributed by atoms with E-state index in [0.29, 0.717) is 0 Å². The smallest absolute Gasteiger partial charge is 0.195 e. The number of benzene rings is 2. The molecule has 3 aromatic rings. The highest BCUT2D eigenvalue weighted by molar-refractivity contribution is 7.98. The van der Waals surface area contributed by atoms with E-state index >= 15 is 0 Å². The molecule has 0 aliphatic carbocycles. The van der Waals surface area contributed by atoms with Gasteiger partial charge in [-0.25, -0.2) is 0 Å². The largest absolute Gasteiger partial charge is 0.212 e. The summed E-state index contributed by atoms with van der Waals surface area (Å²) in [7, 11) is 0. The van der Waals surface area contributed by atoms with Crippen LogP contribution in [0.15, 0.2) is 65.1 Å². The zero-order valence-corrected chi connectivity index (χ0v) is 16.5. The summed E-state index contributed by atoms with van der Waals surface area (Å²) in [5, 5.41) is 13.4. The summed E-state index contributed by atoms with van der Waals surface area (Å²) in [4.78, 5) is 0. The van der Waals surface area contributed by atoms with Gasteiger partial charge in [-0.15, -0.1) is 10.2 Å². The molecule has 0 aliphatic rings. The molecule has 0 saturated carbocycles. The van der Waals surface area contributed by atoms with Crippen LogP contribution in [0.3, 0.4) is 0 Å². The van der Waals surface area contributed by atoms with Crippen molar-refractivity contribution in [2.24, 2.45) is 5.10 Å². The number of aryl methyl sites for hydroxylation is 1. The van der Waals surface area contributed by atoms with E-state index in [2.05, 4.69) is 91.5 Å². The second kappa shape index (κ2) is 7.87. The van der Waals surface area contributed by atoms with Gasteiger partial charge in [0.05, 0.1) is 6.21 Å². The van der Waals surface area contributed by atoms with E-state index in [1.54, 1.807) is 22.8 Å². The summed E-state index contributed by atoms with van der Waals surface area (Å²) < 4.78 is 1.72. The van der Waals surface area contributed by atoms with Gasteiger partial charge in [-0.3, -0.25) is 0 Å². The highest BCUT2D eigenvalue weighted by Gasteiger charge is 2.12. The minimum Gasteiger partial charge on any atom is -0.195 e. The maximum atomic E-state index is 4.50. The molecule has 0 bridgehead atoms. The Morgan fingerprint density at radius 1 is 1.04 bits per heavy atom. The monoisotopic (exact) mass is 364 g/mol. The number of hydrogen-bond donors (Lipinski definition) is 0. The zero-order valence-electron chi connectivity index (χ0n) is 15.7. The quantitative estimate of drug-likeness (QED) is 0.469. The summed E-state index contributed by atoms with van der Waals surface area (Å²) in [6.45, 7) is 8.73. The van der Waals surface area contributed by atoms with Gasteiger partial charge in [0, 0.05) is 5.75 Å². The van der Waals surface area contributed by atoms with Gasteiger partial charge >= 0.3 is 0 Å². The van der Waals surface area contributed by atoms with Crippen molar-refractivity contribution in [2.45, 2.75) is 44.0 Å². The van der Waals surface area contributed by atoms with E-state index in [1.165, 1.54) is 16.7 Å². The lowest BCUT2D eigenvalue weighted by Crippen LogP contribution is -2.10. The Kier molecular flexibility index (Phi) is 5.57. The molecule has 1 heterocycles. The van der Waals surface area contributed by atoms with Gasteiger partial charge in [0.2, 0.25) is 5.16 Å².